The van der Waals surface area contributed by atoms with Crippen molar-refractivity contribution in [1.82, 2.24) is 0 Å². The van der Waals surface area contributed by atoms with E-state index in [2.05, 4.69) is 123 Å². The molecule has 1 atom stereocenters. The predicted molar refractivity (Wildman–Crippen MR) is 325 cm³/mol. The molecule has 0 saturated heterocycles. The fourth-order valence-electron chi connectivity index (χ4n) is 8.86. The van der Waals surface area contributed by atoms with E-state index >= 15 is 0 Å². The second kappa shape index (κ2) is 63.8. The minimum Gasteiger partial charge on any atom is -0.462 e. The fraction of sp³-hybridized carbons (Fsp3) is 0.710. The van der Waals surface area contributed by atoms with Crippen LogP contribution in [0.4, 0.5) is 0 Å². The molecule has 0 heterocycles. The summed E-state index contributed by atoms with van der Waals surface area (Å²) in [5.41, 5.74) is 0. The maximum Gasteiger partial charge on any atom is 0.306 e. The number of hydrogen-bond acceptors (Lipinski definition) is 5. The first-order valence-electron chi connectivity index (χ1n) is 31.4. The van der Waals surface area contributed by atoms with Gasteiger partial charge in [-0.05, 0) is 103 Å². The maximum atomic E-state index is 12.3. The molecule has 0 aromatic carbocycles. The molecule has 0 amide bonds. The van der Waals surface area contributed by atoms with Crippen molar-refractivity contribution in [2.24, 2.45) is 0 Å². The number of hydrogen-bond donors (Lipinski definition) is 1. The van der Waals surface area contributed by atoms with E-state index in [9.17, 15) is 14.7 Å². The highest BCUT2D eigenvalue weighted by Gasteiger charge is 2.16. The van der Waals surface area contributed by atoms with Crippen LogP contribution >= 0.6 is 0 Å². The van der Waals surface area contributed by atoms with E-state index in [4.69, 9.17) is 9.47 Å². The maximum absolute atomic E-state index is 12.3. The highest BCUT2D eigenvalue weighted by atomic mass is 16.6. The van der Waals surface area contributed by atoms with Gasteiger partial charge in [0.25, 0.3) is 0 Å². The first kappa shape index (κ1) is 70.6. The molecule has 1 unspecified atom stereocenters. The van der Waals surface area contributed by atoms with Crippen molar-refractivity contribution in [3.05, 3.63) is 109 Å². The normalized spacial score (nSPS) is 13.0. The molecule has 74 heavy (non-hydrogen) atoms. The minimum atomic E-state index is -0.781. The van der Waals surface area contributed by atoms with Crippen molar-refractivity contribution in [2.45, 2.75) is 302 Å². The van der Waals surface area contributed by atoms with Gasteiger partial charge in [-0.15, -0.1) is 0 Å². The first-order valence-corrected chi connectivity index (χ1v) is 31.4. The number of unbranched alkanes of at least 4 members (excludes halogenated alkanes) is 31. The van der Waals surface area contributed by atoms with Crippen LogP contribution in [0.25, 0.3) is 0 Å². The summed E-state index contributed by atoms with van der Waals surface area (Å²) in [5.74, 6) is -0.598. The molecule has 0 aromatic heterocycles. The van der Waals surface area contributed by atoms with Gasteiger partial charge in [0, 0.05) is 12.8 Å². The number of allylic oxidation sites excluding steroid dienone is 18. The quantitative estimate of drug-likeness (QED) is 0.0373. The molecule has 0 aliphatic rings. The van der Waals surface area contributed by atoms with E-state index in [0.717, 1.165) is 96.3 Å². The molecule has 0 bridgehead atoms. The molecule has 0 fully saturated rings. The lowest BCUT2D eigenvalue weighted by molar-refractivity contribution is -0.161. The molecule has 0 aliphatic heterocycles. The Balaban J connectivity index is 3.45. The summed E-state index contributed by atoms with van der Waals surface area (Å²) in [6.07, 6.45) is 92.4. The van der Waals surface area contributed by atoms with Gasteiger partial charge >= 0.3 is 11.9 Å². The zero-order valence-corrected chi connectivity index (χ0v) is 48.6. The van der Waals surface area contributed by atoms with Crippen LogP contribution in [0.2, 0.25) is 0 Å². The lowest BCUT2D eigenvalue weighted by atomic mass is 10.0. The number of aliphatic hydroxyl groups excluding tert-OH is 1. The van der Waals surface area contributed by atoms with E-state index in [-0.39, 0.29) is 25.2 Å². The zero-order chi connectivity index (χ0) is 53.4. The van der Waals surface area contributed by atoms with Crippen molar-refractivity contribution in [3.8, 4) is 0 Å². The standard InChI is InChI=1S/C69H118O5/c1-3-5-7-9-11-13-15-17-19-21-23-24-25-26-27-28-29-30-31-32-33-34-35-36-37-38-39-40-41-42-43-44-46-48-50-52-54-56-58-60-62-64-69(72)74-67(65-70)66-73-68(71)63-61-59-57-55-53-51-49-47-45-22-20-18-16-14-12-10-8-6-4-2/h5,7,11-14,17-20,23-24,26-27,29-30,45,47,67,70H,3-4,6,8-10,15-16,21-22,25,28,31-44,46,48-66H2,1-2H3/b7-5-,13-11-,14-12-,19-17-,20-18-,24-23-,27-26-,30-29-,47-45-. The molecule has 1 N–H and O–H groups in total. The third-order valence-corrected chi connectivity index (χ3v) is 13.6. The van der Waals surface area contributed by atoms with Gasteiger partial charge in [-0.2, -0.15) is 0 Å². The van der Waals surface area contributed by atoms with Crippen LogP contribution in [0.15, 0.2) is 109 Å². The van der Waals surface area contributed by atoms with Gasteiger partial charge < -0.3 is 14.6 Å². The highest BCUT2D eigenvalue weighted by molar-refractivity contribution is 5.70. The number of aliphatic hydroxyl groups is 1. The smallest absolute Gasteiger partial charge is 0.306 e. The van der Waals surface area contributed by atoms with Gasteiger partial charge in [-0.1, -0.05) is 290 Å². The lowest BCUT2D eigenvalue weighted by Crippen LogP contribution is -2.28. The van der Waals surface area contributed by atoms with Crippen LogP contribution in [0.5, 0.6) is 0 Å². The van der Waals surface area contributed by atoms with Crippen molar-refractivity contribution >= 4 is 11.9 Å². The second-order valence-electron chi connectivity index (χ2n) is 20.8. The summed E-state index contributed by atoms with van der Waals surface area (Å²) in [6, 6.07) is 0. The molecule has 0 spiro atoms. The number of carbonyl (C=O) groups is 2. The Hall–Kier alpha value is -3.44. The summed E-state index contributed by atoms with van der Waals surface area (Å²) in [5, 5.41) is 9.66. The van der Waals surface area contributed by atoms with Crippen molar-refractivity contribution in [2.75, 3.05) is 13.2 Å². The van der Waals surface area contributed by atoms with E-state index < -0.39 is 6.10 Å². The van der Waals surface area contributed by atoms with Gasteiger partial charge in [0.2, 0.25) is 0 Å². The van der Waals surface area contributed by atoms with Crippen LogP contribution in [0, 0.1) is 0 Å². The summed E-state index contributed by atoms with van der Waals surface area (Å²) < 4.78 is 10.7. The molecule has 424 valence electrons. The van der Waals surface area contributed by atoms with Gasteiger partial charge in [-0.25, -0.2) is 0 Å². The Morgan fingerprint density at radius 3 is 0.878 bits per heavy atom. The summed E-state index contributed by atoms with van der Waals surface area (Å²) in [6.45, 7) is 4.00. The van der Waals surface area contributed by atoms with E-state index in [0.29, 0.717) is 12.8 Å². The molecule has 5 heteroatoms. The zero-order valence-electron chi connectivity index (χ0n) is 48.6. The van der Waals surface area contributed by atoms with Gasteiger partial charge in [-0.3, -0.25) is 9.59 Å². The fourth-order valence-corrected chi connectivity index (χ4v) is 8.86. The number of esters is 2. The Bertz CT molecular complexity index is 1440. The molecule has 0 rings (SSSR count). The average Bonchev–Trinajstić information content (AvgIpc) is 3.40. The average molecular weight is 1030 g/mol. The highest BCUT2D eigenvalue weighted by Crippen LogP contribution is 2.17. The Kier molecular flexibility index (Phi) is 60.9. The Labute approximate surface area is 459 Å². The molecular formula is C69H118O5. The number of ether oxygens (including phenoxy) is 2. The molecule has 0 saturated carbocycles. The van der Waals surface area contributed by atoms with Gasteiger partial charge in [0.05, 0.1) is 6.61 Å². The largest absolute Gasteiger partial charge is 0.462 e. The van der Waals surface area contributed by atoms with Gasteiger partial charge in [0.15, 0.2) is 6.10 Å². The summed E-state index contributed by atoms with van der Waals surface area (Å²) >= 11 is 0. The van der Waals surface area contributed by atoms with Crippen LogP contribution in [0.3, 0.4) is 0 Å². The molecular weight excluding hydrogens is 909 g/mol. The Morgan fingerprint density at radius 2 is 0.581 bits per heavy atom. The van der Waals surface area contributed by atoms with Crippen LogP contribution in [-0.4, -0.2) is 36.4 Å². The van der Waals surface area contributed by atoms with Crippen LogP contribution in [0.1, 0.15) is 296 Å². The van der Waals surface area contributed by atoms with Crippen molar-refractivity contribution in [3.63, 3.8) is 0 Å². The summed E-state index contributed by atoms with van der Waals surface area (Å²) in [7, 11) is 0. The van der Waals surface area contributed by atoms with E-state index in [1.54, 1.807) is 0 Å². The molecule has 5 nitrogen and oxygen atoms in total. The monoisotopic (exact) mass is 1030 g/mol. The van der Waals surface area contributed by atoms with E-state index in [1.807, 2.05) is 0 Å². The first-order chi connectivity index (χ1) is 36.6. The third kappa shape index (κ3) is 61.1. The molecule has 0 aromatic rings. The van der Waals surface area contributed by atoms with E-state index in [1.165, 1.54) is 173 Å². The summed E-state index contributed by atoms with van der Waals surface area (Å²) in [4.78, 5) is 24.5. The minimum absolute atomic E-state index is 0.0738. The topological polar surface area (TPSA) is 72.8 Å². The second-order valence-corrected chi connectivity index (χ2v) is 20.8. The van der Waals surface area contributed by atoms with Crippen molar-refractivity contribution < 1.29 is 24.2 Å². The Morgan fingerprint density at radius 1 is 0.324 bits per heavy atom. The van der Waals surface area contributed by atoms with Crippen LogP contribution in [-0.2, 0) is 19.1 Å². The van der Waals surface area contributed by atoms with Crippen LogP contribution < -0.4 is 0 Å². The molecule has 0 aliphatic carbocycles. The SMILES string of the molecule is CC/C=C\C/C=C\C/C=C\C/C=C\C/C=C\C/C=C\CCCCCCCCCCCCCCCCCCCCCCCCC(=O)OC(CO)COC(=O)CCCCCCCC/C=C\C/C=C\C/C=C\CCCCC. The number of carbonyl (C=O) groups excluding carboxylic acids is 2. The van der Waals surface area contributed by atoms with Crippen molar-refractivity contribution in [1.29, 1.82) is 0 Å². The predicted octanol–water partition coefficient (Wildman–Crippen LogP) is 21.6. The van der Waals surface area contributed by atoms with Gasteiger partial charge in [0.1, 0.15) is 6.61 Å². The number of rotatable bonds is 57. The lowest BCUT2D eigenvalue weighted by Gasteiger charge is -2.15. The third-order valence-electron chi connectivity index (χ3n) is 13.6. The molecule has 0 radical (unpaired) electrons.